The third-order valence-electron chi connectivity index (χ3n) is 4.81. The fourth-order valence-electron chi connectivity index (χ4n) is 3.63. The molecule has 1 saturated heterocycles. The molecular weight excluding hydrogens is 340 g/mol. The van der Waals surface area contributed by atoms with Crippen LogP contribution in [-0.2, 0) is 9.53 Å². The number of ether oxygens (including phenoxy) is 1. The number of benzene rings is 1. The zero-order valence-electron chi connectivity index (χ0n) is 15.9. The van der Waals surface area contributed by atoms with Gasteiger partial charge in [0.2, 0.25) is 5.91 Å². The van der Waals surface area contributed by atoms with Crippen LogP contribution in [0.15, 0.2) is 30.3 Å². The summed E-state index contributed by atoms with van der Waals surface area (Å²) in [5.74, 6) is 0.287. The molecular formula is C21H24N4O2. The molecule has 2 heterocycles. The van der Waals surface area contributed by atoms with E-state index in [9.17, 15) is 10.1 Å². The first-order chi connectivity index (χ1) is 12.8. The SMILES string of the molecule is CC(=O)Nc1cccc(-c2cc([C@@H]3CCOC(C)(C)C3)c(C#N)c(N)n2)c1. The number of aromatic nitrogens is 1. The van der Waals surface area contributed by atoms with Gasteiger partial charge in [0.05, 0.1) is 16.9 Å². The number of carbonyl (C=O) groups is 1. The lowest BCUT2D eigenvalue weighted by molar-refractivity contribution is -0.114. The molecule has 0 unspecified atom stereocenters. The van der Waals surface area contributed by atoms with Crippen molar-refractivity contribution < 1.29 is 9.53 Å². The van der Waals surface area contributed by atoms with Gasteiger partial charge in [0, 0.05) is 24.8 Å². The van der Waals surface area contributed by atoms with Crippen LogP contribution in [0.25, 0.3) is 11.3 Å². The molecule has 0 radical (unpaired) electrons. The van der Waals surface area contributed by atoms with E-state index in [2.05, 4.69) is 30.2 Å². The highest BCUT2D eigenvalue weighted by Crippen LogP contribution is 2.39. The van der Waals surface area contributed by atoms with Crippen molar-refractivity contribution in [1.82, 2.24) is 4.98 Å². The number of amides is 1. The molecule has 2 aromatic rings. The van der Waals surface area contributed by atoms with E-state index >= 15 is 0 Å². The van der Waals surface area contributed by atoms with E-state index in [1.165, 1.54) is 6.92 Å². The van der Waals surface area contributed by atoms with Crippen molar-refractivity contribution in [2.45, 2.75) is 45.1 Å². The zero-order valence-corrected chi connectivity index (χ0v) is 15.9. The first-order valence-electron chi connectivity index (χ1n) is 9.01. The molecule has 6 heteroatoms. The number of hydrogen-bond donors (Lipinski definition) is 2. The monoisotopic (exact) mass is 364 g/mol. The molecule has 0 bridgehead atoms. The Balaban J connectivity index is 2.05. The van der Waals surface area contributed by atoms with Gasteiger partial charge in [-0.25, -0.2) is 4.98 Å². The van der Waals surface area contributed by atoms with E-state index < -0.39 is 0 Å². The molecule has 1 atom stereocenters. The second-order valence-corrected chi connectivity index (χ2v) is 7.53. The molecule has 140 valence electrons. The summed E-state index contributed by atoms with van der Waals surface area (Å²) >= 11 is 0. The number of carbonyl (C=O) groups excluding carboxylic acids is 1. The molecule has 1 amide bonds. The molecule has 27 heavy (non-hydrogen) atoms. The maximum absolute atomic E-state index is 11.3. The van der Waals surface area contributed by atoms with E-state index in [0.717, 1.165) is 24.0 Å². The van der Waals surface area contributed by atoms with Crippen molar-refractivity contribution in [3.63, 3.8) is 0 Å². The predicted molar refractivity (Wildman–Crippen MR) is 105 cm³/mol. The Bertz CT molecular complexity index is 915. The third-order valence-corrected chi connectivity index (χ3v) is 4.81. The topological polar surface area (TPSA) is 101 Å². The fourth-order valence-corrected chi connectivity index (χ4v) is 3.63. The molecule has 3 N–H and O–H groups in total. The van der Waals surface area contributed by atoms with E-state index in [1.807, 2.05) is 30.3 Å². The van der Waals surface area contributed by atoms with Gasteiger partial charge in [-0.1, -0.05) is 12.1 Å². The number of nitrogen functional groups attached to an aromatic ring is 1. The van der Waals surface area contributed by atoms with E-state index in [1.54, 1.807) is 0 Å². The number of rotatable bonds is 3. The van der Waals surface area contributed by atoms with Crippen LogP contribution in [0.1, 0.15) is 50.7 Å². The van der Waals surface area contributed by atoms with Crippen molar-refractivity contribution in [3.8, 4) is 17.3 Å². The molecule has 0 spiro atoms. The predicted octanol–water partition coefficient (Wildman–Crippen LogP) is 3.83. The second kappa shape index (κ2) is 7.37. The van der Waals surface area contributed by atoms with Crippen LogP contribution < -0.4 is 11.1 Å². The molecule has 3 rings (SSSR count). The van der Waals surface area contributed by atoms with Gasteiger partial charge in [-0.15, -0.1) is 0 Å². The van der Waals surface area contributed by atoms with Gasteiger partial charge in [-0.3, -0.25) is 4.79 Å². The quantitative estimate of drug-likeness (QED) is 0.862. The van der Waals surface area contributed by atoms with Crippen molar-refractivity contribution in [2.75, 3.05) is 17.7 Å². The molecule has 1 fully saturated rings. The van der Waals surface area contributed by atoms with Crippen LogP contribution in [-0.4, -0.2) is 23.1 Å². The molecule has 1 aromatic carbocycles. The van der Waals surface area contributed by atoms with E-state index in [-0.39, 0.29) is 23.2 Å². The largest absolute Gasteiger partial charge is 0.383 e. The summed E-state index contributed by atoms with van der Waals surface area (Å²) in [6, 6.07) is 11.6. The van der Waals surface area contributed by atoms with Crippen LogP contribution in [0, 0.1) is 11.3 Å². The molecule has 0 saturated carbocycles. The Morgan fingerprint density at radius 2 is 2.19 bits per heavy atom. The molecule has 0 aliphatic carbocycles. The smallest absolute Gasteiger partial charge is 0.221 e. The summed E-state index contributed by atoms with van der Waals surface area (Å²) in [6.07, 6.45) is 1.66. The van der Waals surface area contributed by atoms with Crippen LogP contribution in [0.2, 0.25) is 0 Å². The zero-order chi connectivity index (χ0) is 19.6. The molecule has 6 nitrogen and oxygen atoms in total. The highest BCUT2D eigenvalue weighted by Gasteiger charge is 2.32. The Hall–Kier alpha value is -2.91. The lowest BCUT2D eigenvalue weighted by Crippen LogP contribution is -2.33. The van der Waals surface area contributed by atoms with Crippen molar-refractivity contribution in [3.05, 3.63) is 41.5 Å². The highest BCUT2D eigenvalue weighted by atomic mass is 16.5. The maximum Gasteiger partial charge on any atom is 0.221 e. The van der Waals surface area contributed by atoms with Crippen molar-refractivity contribution in [1.29, 1.82) is 5.26 Å². The highest BCUT2D eigenvalue weighted by molar-refractivity contribution is 5.89. The average molecular weight is 364 g/mol. The normalized spacial score (nSPS) is 18.5. The lowest BCUT2D eigenvalue weighted by Gasteiger charge is -2.36. The Morgan fingerprint density at radius 3 is 2.85 bits per heavy atom. The summed E-state index contributed by atoms with van der Waals surface area (Å²) in [5, 5.41) is 12.4. The summed E-state index contributed by atoms with van der Waals surface area (Å²) in [6.45, 7) is 6.24. The Labute approximate surface area is 159 Å². The van der Waals surface area contributed by atoms with Gasteiger partial charge >= 0.3 is 0 Å². The number of nitriles is 1. The minimum atomic E-state index is -0.237. The van der Waals surface area contributed by atoms with Crippen LogP contribution in [0.4, 0.5) is 11.5 Å². The third kappa shape index (κ3) is 4.26. The Kier molecular flexibility index (Phi) is 5.15. The standard InChI is InChI=1S/C21H24N4O2/c1-13(26)24-16-6-4-5-14(9-16)19-10-17(18(12-22)20(23)25-19)15-7-8-27-21(2,3)11-15/h4-6,9-10,15H,7-8,11H2,1-3H3,(H2,23,25)(H,24,26)/t15-/m1/s1. The molecule has 1 aromatic heterocycles. The van der Waals surface area contributed by atoms with Crippen molar-refractivity contribution >= 4 is 17.4 Å². The first-order valence-corrected chi connectivity index (χ1v) is 9.01. The number of nitrogens with zero attached hydrogens (tertiary/aromatic N) is 2. The van der Waals surface area contributed by atoms with Gasteiger partial charge in [0.1, 0.15) is 11.9 Å². The Morgan fingerprint density at radius 1 is 1.41 bits per heavy atom. The molecule has 1 aliphatic rings. The van der Waals surface area contributed by atoms with Gasteiger partial charge in [0.15, 0.2) is 0 Å². The fraction of sp³-hybridized carbons (Fsp3) is 0.381. The summed E-state index contributed by atoms with van der Waals surface area (Å²) < 4.78 is 5.82. The minimum Gasteiger partial charge on any atom is -0.383 e. The lowest BCUT2D eigenvalue weighted by atomic mass is 9.81. The van der Waals surface area contributed by atoms with Gasteiger partial charge < -0.3 is 15.8 Å². The van der Waals surface area contributed by atoms with Gasteiger partial charge in [-0.2, -0.15) is 5.26 Å². The summed E-state index contributed by atoms with van der Waals surface area (Å²) in [7, 11) is 0. The summed E-state index contributed by atoms with van der Waals surface area (Å²) in [5.41, 5.74) is 9.48. The number of anilines is 2. The van der Waals surface area contributed by atoms with Crippen LogP contribution in [0.5, 0.6) is 0 Å². The average Bonchev–Trinajstić information content (AvgIpc) is 2.60. The number of nitrogens with one attached hydrogen (secondary N) is 1. The number of nitrogens with two attached hydrogens (primary N) is 1. The van der Waals surface area contributed by atoms with Gasteiger partial charge in [-0.05, 0) is 56.4 Å². The van der Waals surface area contributed by atoms with Gasteiger partial charge in [0.25, 0.3) is 0 Å². The number of pyridine rings is 1. The first kappa shape index (κ1) is 18.9. The minimum absolute atomic E-state index is 0.135. The summed E-state index contributed by atoms with van der Waals surface area (Å²) in [4.78, 5) is 15.8. The van der Waals surface area contributed by atoms with E-state index in [0.29, 0.717) is 23.6 Å². The van der Waals surface area contributed by atoms with Crippen LogP contribution in [0.3, 0.4) is 0 Å². The second-order valence-electron chi connectivity index (χ2n) is 7.53. The number of hydrogen-bond acceptors (Lipinski definition) is 5. The van der Waals surface area contributed by atoms with E-state index in [4.69, 9.17) is 10.5 Å². The maximum atomic E-state index is 11.3. The van der Waals surface area contributed by atoms with Crippen molar-refractivity contribution in [2.24, 2.45) is 0 Å². The molecule has 1 aliphatic heterocycles. The van der Waals surface area contributed by atoms with Crippen LogP contribution >= 0.6 is 0 Å².